The van der Waals surface area contributed by atoms with Gasteiger partial charge in [0.2, 0.25) is 0 Å². The molecule has 0 bridgehead atoms. The topological polar surface area (TPSA) is 20.2 Å². The van der Waals surface area contributed by atoms with E-state index in [9.17, 15) is 5.11 Å². The Balaban J connectivity index is 1.94. The van der Waals surface area contributed by atoms with Gasteiger partial charge in [-0.3, -0.25) is 0 Å². The maximum absolute atomic E-state index is 10.8. The Morgan fingerprint density at radius 3 is 2.67 bits per heavy atom. The van der Waals surface area contributed by atoms with Crippen LogP contribution in [0.15, 0.2) is 11.4 Å². The third-order valence-electron chi connectivity index (χ3n) is 4.28. The van der Waals surface area contributed by atoms with Crippen molar-refractivity contribution in [2.75, 3.05) is 0 Å². The van der Waals surface area contributed by atoms with E-state index in [1.165, 1.54) is 36.1 Å². The third-order valence-corrected chi connectivity index (χ3v) is 5.38. The standard InChI is InChI=1S/C13H18OS/c1-2-9-7-8-15-12(9)13(14)10-5-3-4-6-11(10)13/h7-8,10-11,14H,2-6H2,1H3. The Bertz CT molecular complexity index is 356. The second kappa shape index (κ2) is 3.33. The molecule has 3 rings (SSSR count). The lowest BCUT2D eigenvalue weighted by Gasteiger charge is -2.10. The lowest BCUT2D eigenvalue weighted by atomic mass is 10.0. The summed E-state index contributed by atoms with van der Waals surface area (Å²) in [7, 11) is 0. The van der Waals surface area contributed by atoms with Crippen molar-refractivity contribution in [1.29, 1.82) is 0 Å². The molecule has 1 N–H and O–H groups in total. The van der Waals surface area contributed by atoms with Gasteiger partial charge in [0.25, 0.3) is 0 Å². The molecule has 1 aromatic rings. The Labute approximate surface area is 95.1 Å². The third kappa shape index (κ3) is 1.24. The highest BCUT2D eigenvalue weighted by atomic mass is 32.1. The maximum atomic E-state index is 10.8. The average molecular weight is 222 g/mol. The van der Waals surface area contributed by atoms with Gasteiger partial charge in [0.15, 0.2) is 0 Å². The molecule has 82 valence electrons. The predicted molar refractivity (Wildman–Crippen MR) is 63.0 cm³/mol. The second-order valence-electron chi connectivity index (χ2n) is 4.95. The molecular weight excluding hydrogens is 204 g/mol. The first-order chi connectivity index (χ1) is 7.28. The van der Waals surface area contributed by atoms with Gasteiger partial charge in [0.05, 0.1) is 0 Å². The fourth-order valence-electron chi connectivity index (χ4n) is 3.39. The molecule has 2 aliphatic rings. The van der Waals surface area contributed by atoms with Gasteiger partial charge in [0.1, 0.15) is 5.60 Å². The summed E-state index contributed by atoms with van der Waals surface area (Å²) in [5, 5.41) is 12.9. The van der Waals surface area contributed by atoms with E-state index in [4.69, 9.17) is 0 Å². The molecular formula is C13H18OS. The first-order valence-corrected chi connectivity index (χ1v) is 6.95. The van der Waals surface area contributed by atoms with Crippen molar-refractivity contribution < 1.29 is 5.11 Å². The molecule has 0 aliphatic heterocycles. The molecule has 2 heteroatoms. The van der Waals surface area contributed by atoms with Crippen LogP contribution in [-0.2, 0) is 12.0 Å². The highest BCUT2D eigenvalue weighted by Crippen LogP contribution is 2.65. The zero-order valence-electron chi connectivity index (χ0n) is 9.20. The first-order valence-electron chi connectivity index (χ1n) is 6.07. The van der Waals surface area contributed by atoms with Gasteiger partial charge in [0, 0.05) is 4.88 Å². The predicted octanol–water partition coefficient (Wildman–Crippen LogP) is 3.32. The minimum Gasteiger partial charge on any atom is -0.384 e. The number of aryl methyl sites for hydroxylation is 1. The van der Waals surface area contributed by atoms with Gasteiger partial charge in [-0.1, -0.05) is 19.8 Å². The van der Waals surface area contributed by atoms with Crippen LogP contribution in [0.2, 0.25) is 0 Å². The Kier molecular flexibility index (Phi) is 2.18. The van der Waals surface area contributed by atoms with Crippen LogP contribution in [0, 0.1) is 11.8 Å². The monoisotopic (exact) mass is 222 g/mol. The summed E-state index contributed by atoms with van der Waals surface area (Å²) in [6.45, 7) is 2.18. The fraction of sp³-hybridized carbons (Fsp3) is 0.692. The van der Waals surface area contributed by atoms with E-state index in [1.54, 1.807) is 11.3 Å². The van der Waals surface area contributed by atoms with Crippen molar-refractivity contribution in [3.05, 3.63) is 21.9 Å². The second-order valence-corrected chi connectivity index (χ2v) is 5.87. The van der Waals surface area contributed by atoms with Gasteiger partial charge in [-0.25, -0.2) is 0 Å². The number of aliphatic hydroxyl groups is 1. The summed E-state index contributed by atoms with van der Waals surface area (Å²) < 4.78 is 0. The SMILES string of the molecule is CCc1ccsc1C1(O)C2CCCCC21. The van der Waals surface area contributed by atoms with Crippen LogP contribution in [0.5, 0.6) is 0 Å². The molecule has 1 aromatic heterocycles. The molecule has 2 saturated carbocycles. The van der Waals surface area contributed by atoms with E-state index in [-0.39, 0.29) is 0 Å². The van der Waals surface area contributed by atoms with Crippen LogP contribution in [0.3, 0.4) is 0 Å². The van der Waals surface area contributed by atoms with E-state index in [1.807, 2.05) is 0 Å². The summed E-state index contributed by atoms with van der Waals surface area (Å²) in [6.07, 6.45) is 6.16. The Hall–Kier alpha value is -0.340. The van der Waals surface area contributed by atoms with E-state index in [2.05, 4.69) is 18.4 Å². The molecule has 15 heavy (non-hydrogen) atoms. The van der Waals surface area contributed by atoms with Gasteiger partial charge in [-0.2, -0.15) is 0 Å². The minimum absolute atomic E-state index is 0.421. The van der Waals surface area contributed by atoms with Crippen LogP contribution in [0.25, 0.3) is 0 Å². The van der Waals surface area contributed by atoms with Crippen molar-refractivity contribution in [3.63, 3.8) is 0 Å². The van der Waals surface area contributed by atoms with Gasteiger partial charge < -0.3 is 5.11 Å². The van der Waals surface area contributed by atoms with Gasteiger partial charge in [-0.15, -0.1) is 11.3 Å². The van der Waals surface area contributed by atoms with Crippen molar-refractivity contribution in [3.8, 4) is 0 Å². The Morgan fingerprint density at radius 1 is 1.40 bits per heavy atom. The van der Waals surface area contributed by atoms with E-state index >= 15 is 0 Å². The first kappa shape index (κ1) is 9.86. The molecule has 2 atom stereocenters. The number of hydrogen-bond donors (Lipinski definition) is 1. The van der Waals surface area contributed by atoms with Gasteiger partial charge in [-0.05, 0) is 48.1 Å². The molecule has 0 spiro atoms. The average Bonchev–Trinajstić information content (AvgIpc) is 2.69. The summed E-state index contributed by atoms with van der Waals surface area (Å²) >= 11 is 1.76. The van der Waals surface area contributed by atoms with Crippen LogP contribution in [-0.4, -0.2) is 5.11 Å². The molecule has 1 nitrogen and oxygen atoms in total. The van der Waals surface area contributed by atoms with Crippen LogP contribution in [0.1, 0.15) is 43.0 Å². The lowest BCUT2D eigenvalue weighted by Crippen LogP contribution is -2.10. The number of fused-ring (bicyclic) bond motifs is 1. The summed E-state index contributed by atoms with van der Waals surface area (Å²) in [4.78, 5) is 1.28. The summed E-state index contributed by atoms with van der Waals surface area (Å²) in [6, 6.07) is 2.18. The molecule has 0 aromatic carbocycles. The fourth-order valence-corrected chi connectivity index (χ4v) is 4.62. The molecule has 0 saturated heterocycles. The molecule has 0 amide bonds. The van der Waals surface area contributed by atoms with Crippen LogP contribution < -0.4 is 0 Å². The van der Waals surface area contributed by atoms with E-state index in [0.29, 0.717) is 11.8 Å². The minimum atomic E-state index is -0.421. The Morgan fingerprint density at radius 2 is 2.07 bits per heavy atom. The number of rotatable bonds is 2. The maximum Gasteiger partial charge on any atom is 0.105 e. The quantitative estimate of drug-likeness (QED) is 0.814. The van der Waals surface area contributed by atoms with Crippen LogP contribution >= 0.6 is 11.3 Å². The highest BCUT2D eigenvalue weighted by molar-refractivity contribution is 7.10. The van der Waals surface area contributed by atoms with Crippen molar-refractivity contribution >= 4 is 11.3 Å². The van der Waals surface area contributed by atoms with Crippen molar-refractivity contribution in [1.82, 2.24) is 0 Å². The zero-order valence-corrected chi connectivity index (χ0v) is 10.0. The molecule has 2 unspecified atom stereocenters. The van der Waals surface area contributed by atoms with Gasteiger partial charge >= 0.3 is 0 Å². The molecule has 2 aliphatic carbocycles. The van der Waals surface area contributed by atoms with E-state index in [0.717, 1.165) is 6.42 Å². The number of thiophene rings is 1. The summed E-state index contributed by atoms with van der Waals surface area (Å²) in [5.41, 5.74) is 0.952. The van der Waals surface area contributed by atoms with Crippen molar-refractivity contribution in [2.45, 2.75) is 44.6 Å². The highest BCUT2D eigenvalue weighted by Gasteiger charge is 2.65. The van der Waals surface area contributed by atoms with Crippen molar-refractivity contribution in [2.24, 2.45) is 11.8 Å². The summed E-state index contributed by atoms with van der Waals surface area (Å²) in [5.74, 6) is 1.16. The normalized spacial score (nSPS) is 38.8. The molecule has 2 fully saturated rings. The largest absolute Gasteiger partial charge is 0.384 e. The zero-order chi connectivity index (χ0) is 10.5. The smallest absolute Gasteiger partial charge is 0.105 e. The van der Waals surface area contributed by atoms with Crippen LogP contribution in [0.4, 0.5) is 0 Å². The molecule has 0 radical (unpaired) electrons. The lowest BCUT2D eigenvalue weighted by molar-refractivity contribution is 0.121. The number of hydrogen-bond acceptors (Lipinski definition) is 2. The van der Waals surface area contributed by atoms with E-state index < -0.39 is 5.60 Å². The molecule has 1 heterocycles.